The van der Waals surface area contributed by atoms with Crippen molar-refractivity contribution in [1.29, 1.82) is 0 Å². The fraction of sp³-hybridized carbons (Fsp3) is 0.647. The Morgan fingerprint density at radius 3 is 2.53 bits per heavy atom. The third kappa shape index (κ3) is 3.52. The fourth-order valence-electron chi connectivity index (χ4n) is 3.52. The van der Waals surface area contributed by atoms with Gasteiger partial charge in [-0.2, -0.15) is 0 Å². The van der Waals surface area contributed by atoms with Gasteiger partial charge in [0, 0.05) is 11.1 Å². The number of nitrogens with one attached hydrogen (secondary N) is 1. The van der Waals surface area contributed by atoms with Crippen molar-refractivity contribution in [2.24, 2.45) is 11.3 Å². The first-order valence-corrected chi connectivity index (χ1v) is 7.91. The predicted octanol–water partition coefficient (Wildman–Crippen LogP) is 5.21. The smallest absolute Gasteiger partial charge is 0.0406 e. The molecule has 0 radical (unpaired) electrons. The van der Waals surface area contributed by atoms with Crippen molar-refractivity contribution in [3.8, 4) is 0 Å². The third-order valence-corrected chi connectivity index (χ3v) is 4.90. The number of benzene rings is 1. The molecule has 1 aliphatic rings. The van der Waals surface area contributed by atoms with E-state index in [1.54, 1.807) is 0 Å². The van der Waals surface area contributed by atoms with Crippen molar-refractivity contribution in [2.75, 3.05) is 6.54 Å². The van der Waals surface area contributed by atoms with E-state index in [9.17, 15) is 0 Å². The zero-order valence-corrected chi connectivity index (χ0v) is 13.1. The van der Waals surface area contributed by atoms with Crippen molar-refractivity contribution in [1.82, 2.24) is 5.32 Å². The van der Waals surface area contributed by atoms with Gasteiger partial charge in [-0.25, -0.2) is 0 Å². The van der Waals surface area contributed by atoms with Gasteiger partial charge in [-0.15, -0.1) is 0 Å². The number of hydrogen-bond acceptors (Lipinski definition) is 1. The number of hydrogen-bond donors (Lipinski definition) is 1. The molecule has 0 bridgehead atoms. The van der Waals surface area contributed by atoms with E-state index in [1.165, 1.54) is 31.2 Å². The summed E-state index contributed by atoms with van der Waals surface area (Å²) in [6, 6.07) is 8.84. The van der Waals surface area contributed by atoms with Crippen LogP contribution in [0.3, 0.4) is 0 Å². The Balaban J connectivity index is 2.26. The topological polar surface area (TPSA) is 12.0 Å². The molecule has 0 heterocycles. The van der Waals surface area contributed by atoms with Crippen molar-refractivity contribution in [3.63, 3.8) is 0 Å². The Morgan fingerprint density at radius 1 is 1.26 bits per heavy atom. The molecular formula is C17H26ClN. The molecule has 1 fully saturated rings. The summed E-state index contributed by atoms with van der Waals surface area (Å²) >= 11 is 6.01. The number of rotatable bonds is 4. The van der Waals surface area contributed by atoms with E-state index in [-0.39, 0.29) is 0 Å². The van der Waals surface area contributed by atoms with Crippen LogP contribution in [0.4, 0.5) is 0 Å². The summed E-state index contributed by atoms with van der Waals surface area (Å²) in [4.78, 5) is 0. The average Bonchev–Trinajstić information content (AvgIpc) is 2.37. The monoisotopic (exact) mass is 279 g/mol. The number of halogens is 1. The largest absolute Gasteiger partial charge is 0.310 e. The van der Waals surface area contributed by atoms with Gasteiger partial charge in [0.25, 0.3) is 0 Å². The Labute approximate surface area is 122 Å². The molecule has 1 N–H and O–H groups in total. The molecule has 1 saturated carbocycles. The first-order valence-electron chi connectivity index (χ1n) is 7.53. The van der Waals surface area contributed by atoms with Crippen LogP contribution in [0.2, 0.25) is 5.02 Å². The SMILES string of the molecule is CCNC(c1ccc(Cl)cc1)C1CCCCC1(C)C. The van der Waals surface area contributed by atoms with Crippen LogP contribution >= 0.6 is 11.6 Å². The molecule has 0 spiro atoms. The molecule has 0 saturated heterocycles. The van der Waals surface area contributed by atoms with Crippen LogP contribution in [0, 0.1) is 11.3 Å². The lowest BCUT2D eigenvalue weighted by molar-refractivity contribution is 0.0988. The van der Waals surface area contributed by atoms with Crippen LogP contribution in [-0.4, -0.2) is 6.54 Å². The molecular weight excluding hydrogens is 254 g/mol. The van der Waals surface area contributed by atoms with Crippen molar-refractivity contribution >= 4 is 11.6 Å². The first kappa shape index (κ1) is 14.9. The van der Waals surface area contributed by atoms with E-state index in [0.29, 0.717) is 17.4 Å². The molecule has 1 aliphatic carbocycles. The van der Waals surface area contributed by atoms with Gasteiger partial charge in [-0.3, -0.25) is 0 Å². The van der Waals surface area contributed by atoms with Gasteiger partial charge in [-0.1, -0.05) is 57.3 Å². The highest BCUT2D eigenvalue weighted by atomic mass is 35.5. The maximum Gasteiger partial charge on any atom is 0.0406 e. The fourth-order valence-corrected chi connectivity index (χ4v) is 3.65. The predicted molar refractivity (Wildman–Crippen MR) is 83.6 cm³/mol. The highest BCUT2D eigenvalue weighted by molar-refractivity contribution is 6.30. The maximum atomic E-state index is 6.01. The normalized spacial score (nSPS) is 24.1. The minimum atomic E-state index is 0.421. The molecule has 0 amide bonds. The second-order valence-electron chi connectivity index (χ2n) is 6.43. The zero-order valence-electron chi connectivity index (χ0n) is 12.4. The Bertz CT molecular complexity index is 396. The summed E-state index contributed by atoms with van der Waals surface area (Å²) in [5.41, 5.74) is 1.80. The van der Waals surface area contributed by atoms with Gasteiger partial charge in [-0.05, 0) is 48.4 Å². The second-order valence-corrected chi connectivity index (χ2v) is 6.86. The van der Waals surface area contributed by atoms with E-state index in [0.717, 1.165) is 11.6 Å². The van der Waals surface area contributed by atoms with Gasteiger partial charge < -0.3 is 5.32 Å². The minimum absolute atomic E-state index is 0.421. The Hall–Kier alpha value is -0.530. The molecule has 1 aromatic rings. The van der Waals surface area contributed by atoms with E-state index < -0.39 is 0 Å². The van der Waals surface area contributed by atoms with Crippen LogP contribution in [-0.2, 0) is 0 Å². The second kappa shape index (κ2) is 6.28. The van der Waals surface area contributed by atoms with Crippen molar-refractivity contribution in [3.05, 3.63) is 34.9 Å². The molecule has 0 aromatic heterocycles. The summed E-state index contributed by atoms with van der Waals surface area (Å²) in [5, 5.41) is 4.52. The summed E-state index contributed by atoms with van der Waals surface area (Å²) < 4.78 is 0. The molecule has 1 nitrogen and oxygen atoms in total. The highest BCUT2D eigenvalue weighted by Crippen LogP contribution is 2.46. The van der Waals surface area contributed by atoms with Crippen LogP contribution in [0.15, 0.2) is 24.3 Å². The average molecular weight is 280 g/mol. The molecule has 2 rings (SSSR count). The summed E-state index contributed by atoms with van der Waals surface area (Å²) in [7, 11) is 0. The van der Waals surface area contributed by atoms with Crippen LogP contribution in [0.25, 0.3) is 0 Å². The maximum absolute atomic E-state index is 6.01. The Morgan fingerprint density at radius 2 is 1.95 bits per heavy atom. The van der Waals surface area contributed by atoms with Crippen LogP contribution < -0.4 is 5.32 Å². The third-order valence-electron chi connectivity index (χ3n) is 4.65. The summed E-state index contributed by atoms with van der Waals surface area (Å²) in [5.74, 6) is 0.711. The van der Waals surface area contributed by atoms with Gasteiger partial charge in [0.2, 0.25) is 0 Å². The van der Waals surface area contributed by atoms with Crippen LogP contribution in [0.1, 0.15) is 58.1 Å². The van der Waals surface area contributed by atoms with E-state index in [2.05, 4.69) is 38.2 Å². The lowest BCUT2D eigenvalue weighted by Crippen LogP contribution is -2.39. The molecule has 2 heteroatoms. The highest BCUT2D eigenvalue weighted by Gasteiger charge is 2.37. The Kier molecular flexibility index (Phi) is 4.92. The molecule has 2 unspecified atom stereocenters. The first-order chi connectivity index (χ1) is 9.04. The van der Waals surface area contributed by atoms with E-state index >= 15 is 0 Å². The van der Waals surface area contributed by atoms with Gasteiger partial charge in [0.15, 0.2) is 0 Å². The minimum Gasteiger partial charge on any atom is -0.310 e. The van der Waals surface area contributed by atoms with Crippen molar-refractivity contribution < 1.29 is 0 Å². The quantitative estimate of drug-likeness (QED) is 0.798. The molecule has 2 atom stereocenters. The molecule has 19 heavy (non-hydrogen) atoms. The van der Waals surface area contributed by atoms with Gasteiger partial charge >= 0.3 is 0 Å². The molecule has 106 valence electrons. The van der Waals surface area contributed by atoms with E-state index in [4.69, 9.17) is 11.6 Å². The van der Waals surface area contributed by atoms with Gasteiger partial charge in [0.05, 0.1) is 0 Å². The molecule has 1 aromatic carbocycles. The zero-order chi connectivity index (χ0) is 13.9. The van der Waals surface area contributed by atoms with Crippen molar-refractivity contribution in [2.45, 2.75) is 52.5 Å². The lowest BCUT2D eigenvalue weighted by atomic mass is 9.65. The lowest BCUT2D eigenvalue weighted by Gasteiger charge is -2.43. The summed E-state index contributed by atoms with van der Waals surface area (Å²) in [6.45, 7) is 8.06. The van der Waals surface area contributed by atoms with Crippen LogP contribution in [0.5, 0.6) is 0 Å². The van der Waals surface area contributed by atoms with E-state index in [1.807, 2.05) is 12.1 Å². The summed E-state index contributed by atoms with van der Waals surface area (Å²) in [6.07, 6.45) is 5.41. The standard InChI is InChI=1S/C17H26ClN/c1-4-19-16(13-8-10-14(18)11-9-13)15-7-5-6-12-17(15,2)3/h8-11,15-16,19H,4-7,12H2,1-3H3. The molecule has 0 aliphatic heterocycles. The van der Waals surface area contributed by atoms with Gasteiger partial charge in [0.1, 0.15) is 0 Å².